The van der Waals surface area contributed by atoms with Crippen LogP contribution in [0.1, 0.15) is 12.8 Å². The molecule has 2 N–H and O–H groups in total. The third-order valence-corrected chi connectivity index (χ3v) is 1.26. The maximum atomic E-state index is 10.6. The van der Waals surface area contributed by atoms with Crippen molar-refractivity contribution in [2.24, 2.45) is 5.11 Å². The lowest BCUT2D eigenvalue weighted by molar-refractivity contribution is 0.242. The highest BCUT2D eigenvalue weighted by molar-refractivity contribution is 5.73. The monoisotopic (exact) mass is 171 g/mol. The molecule has 0 aliphatic rings. The number of rotatable bonds is 5. The highest BCUT2D eigenvalue weighted by Crippen LogP contribution is 1.87. The second-order valence-electron chi connectivity index (χ2n) is 2.17. The molecule has 0 aromatic carbocycles. The number of carbonyl (C=O) groups is 1. The zero-order valence-electron chi connectivity index (χ0n) is 7.08. The number of amides is 2. The minimum Gasteiger partial charge on any atom is -0.341 e. The fraction of sp³-hybridized carbons (Fsp3) is 0.833. The number of nitrogens with zero attached hydrogens (tertiary/aromatic N) is 3. The lowest BCUT2D eigenvalue weighted by Crippen LogP contribution is -2.33. The predicted molar refractivity (Wildman–Crippen MR) is 45.7 cm³/mol. The molecule has 0 radical (unpaired) electrons. The predicted octanol–water partition coefficient (Wildman–Crippen LogP) is 1.01. The summed E-state index contributed by atoms with van der Waals surface area (Å²) in [5, 5.41) is 8.42. The second kappa shape index (κ2) is 7.68. The van der Waals surface area contributed by atoms with Crippen LogP contribution in [-0.2, 0) is 0 Å². The number of hydrogen-bond donors (Lipinski definition) is 2. The van der Waals surface area contributed by atoms with Gasteiger partial charge in [0.05, 0.1) is 0 Å². The lowest BCUT2D eigenvalue weighted by Gasteiger charge is -2.01. The molecule has 2 amide bonds. The van der Waals surface area contributed by atoms with Crippen molar-refractivity contribution in [2.45, 2.75) is 12.8 Å². The van der Waals surface area contributed by atoms with Gasteiger partial charge in [-0.3, -0.25) is 0 Å². The Bertz CT molecular complexity index is 175. The van der Waals surface area contributed by atoms with Crippen LogP contribution in [0.4, 0.5) is 4.79 Å². The molecular weight excluding hydrogens is 158 g/mol. The van der Waals surface area contributed by atoms with E-state index < -0.39 is 0 Å². The number of unbranched alkanes of at least 4 members (excludes halogenated alkanes) is 1. The summed E-state index contributed by atoms with van der Waals surface area (Å²) in [6.45, 7) is 1.10. The van der Waals surface area contributed by atoms with E-state index in [0.29, 0.717) is 13.1 Å². The molecule has 0 aromatic heterocycles. The van der Waals surface area contributed by atoms with Gasteiger partial charge >= 0.3 is 6.03 Å². The van der Waals surface area contributed by atoms with E-state index in [2.05, 4.69) is 20.7 Å². The van der Waals surface area contributed by atoms with Crippen LogP contribution in [0.25, 0.3) is 10.4 Å². The molecule has 0 spiro atoms. The summed E-state index contributed by atoms with van der Waals surface area (Å²) >= 11 is 0. The molecule has 0 saturated carbocycles. The molecule has 6 heteroatoms. The average Bonchev–Trinajstić information content (AvgIpc) is 2.10. The van der Waals surface area contributed by atoms with Crippen molar-refractivity contribution in [3.05, 3.63) is 10.4 Å². The Labute approximate surface area is 71.0 Å². The standard InChI is InChI=1S/C6H13N5O/c1-8-6(12)9-4-2-3-5-10-11-7/h2-5H2,1H3,(H2,8,9,12). The third-order valence-electron chi connectivity index (χ3n) is 1.26. The molecule has 0 atom stereocenters. The van der Waals surface area contributed by atoms with Crippen molar-refractivity contribution in [3.8, 4) is 0 Å². The van der Waals surface area contributed by atoms with Crippen LogP contribution < -0.4 is 10.6 Å². The quantitative estimate of drug-likeness (QED) is 0.275. The maximum absolute atomic E-state index is 10.6. The molecule has 68 valence electrons. The van der Waals surface area contributed by atoms with Crippen molar-refractivity contribution in [2.75, 3.05) is 20.1 Å². The number of urea groups is 1. The molecular formula is C6H13N5O. The first-order valence-electron chi connectivity index (χ1n) is 3.77. The summed E-state index contributed by atoms with van der Waals surface area (Å²) in [7, 11) is 1.56. The van der Waals surface area contributed by atoms with Gasteiger partial charge < -0.3 is 10.6 Å². The molecule has 0 fully saturated rings. The van der Waals surface area contributed by atoms with Crippen molar-refractivity contribution in [3.63, 3.8) is 0 Å². The minimum atomic E-state index is -0.182. The van der Waals surface area contributed by atoms with E-state index >= 15 is 0 Å². The van der Waals surface area contributed by atoms with Gasteiger partial charge in [-0.2, -0.15) is 0 Å². The van der Waals surface area contributed by atoms with Crippen LogP contribution in [0.5, 0.6) is 0 Å². The molecule has 0 saturated heterocycles. The van der Waals surface area contributed by atoms with Crippen LogP contribution in [0.15, 0.2) is 5.11 Å². The van der Waals surface area contributed by atoms with Crippen molar-refractivity contribution >= 4 is 6.03 Å². The number of hydrogen-bond acceptors (Lipinski definition) is 2. The Kier molecular flexibility index (Phi) is 6.78. The summed E-state index contributed by atoms with van der Waals surface area (Å²) < 4.78 is 0. The normalized spacial score (nSPS) is 8.42. The SMILES string of the molecule is CNC(=O)NCCCCN=[N+]=[N-]. The number of azide groups is 1. The first kappa shape index (κ1) is 10.6. The molecule has 0 aliphatic heterocycles. The summed E-state index contributed by atoms with van der Waals surface area (Å²) in [6, 6.07) is -0.182. The Morgan fingerprint density at radius 2 is 2.33 bits per heavy atom. The fourth-order valence-electron chi connectivity index (χ4n) is 0.643. The van der Waals surface area contributed by atoms with Crippen LogP contribution in [0.2, 0.25) is 0 Å². The molecule has 0 unspecified atom stereocenters. The van der Waals surface area contributed by atoms with Gasteiger partial charge in [-0.1, -0.05) is 5.11 Å². The first-order chi connectivity index (χ1) is 5.81. The van der Waals surface area contributed by atoms with E-state index in [9.17, 15) is 4.79 Å². The van der Waals surface area contributed by atoms with Gasteiger partial charge in [0.1, 0.15) is 0 Å². The van der Waals surface area contributed by atoms with Gasteiger partial charge in [0.2, 0.25) is 0 Å². The Balaban J connectivity index is 3.10. The molecule has 0 aromatic rings. The topological polar surface area (TPSA) is 89.9 Å². The summed E-state index contributed by atoms with van der Waals surface area (Å²) in [5.41, 5.74) is 7.93. The number of nitrogens with one attached hydrogen (secondary N) is 2. The summed E-state index contributed by atoms with van der Waals surface area (Å²) in [4.78, 5) is 13.2. The van der Waals surface area contributed by atoms with Gasteiger partial charge in [-0.25, -0.2) is 4.79 Å². The highest BCUT2D eigenvalue weighted by atomic mass is 16.2. The van der Waals surface area contributed by atoms with E-state index in [1.54, 1.807) is 7.05 Å². The molecule has 0 bridgehead atoms. The lowest BCUT2D eigenvalue weighted by atomic mass is 10.3. The van der Waals surface area contributed by atoms with Crippen molar-refractivity contribution < 1.29 is 4.79 Å². The smallest absolute Gasteiger partial charge is 0.314 e. The van der Waals surface area contributed by atoms with Crippen LogP contribution in [0.3, 0.4) is 0 Å². The summed E-state index contributed by atoms with van der Waals surface area (Å²) in [5.74, 6) is 0. The van der Waals surface area contributed by atoms with E-state index in [1.807, 2.05) is 0 Å². The van der Waals surface area contributed by atoms with Crippen molar-refractivity contribution in [1.29, 1.82) is 0 Å². The highest BCUT2D eigenvalue weighted by Gasteiger charge is 1.92. The van der Waals surface area contributed by atoms with E-state index in [0.717, 1.165) is 12.8 Å². The minimum absolute atomic E-state index is 0.182. The second-order valence-corrected chi connectivity index (χ2v) is 2.17. The Morgan fingerprint density at radius 1 is 1.58 bits per heavy atom. The van der Waals surface area contributed by atoms with Gasteiger partial charge in [0.25, 0.3) is 0 Å². The van der Waals surface area contributed by atoms with Crippen LogP contribution in [0, 0.1) is 0 Å². The zero-order chi connectivity index (χ0) is 9.23. The zero-order valence-corrected chi connectivity index (χ0v) is 7.08. The van der Waals surface area contributed by atoms with E-state index in [4.69, 9.17) is 5.53 Å². The fourth-order valence-corrected chi connectivity index (χ4v) is 0.643. The van der Waals surface area contributed by atoms with E-state index in [1.165, 1.54) is 0 Å². The average molecular weight is 171 g/mol. The Hall–Kier alpha value is -1.42. The van der Waals surface area contributed by atoms with E-state index in [-0.39, 0.29) is 6.03 Å². The van der Waals surface area contributed by atoms with Crippen LogP contribution >= 0.6 is 0 Å². The molecule has 0 heterocycles. The van der Waals surface area contributed by atoms with Gasteiger partial charge in [-0.05, 0) is 18.4 Å². The van der Waals surface area contributed by atoms with Crippen molar-refractivity contribution in [1.82, 2.24) is 10.6 Å². The summed E-state index contributed by atoms with van der Waals surface area (Å²) in [6.07, 6.45) is 1.63. The molecule has 0 rings (SSSR count). The molecule has 12 heavy (non-hydrogen) atoms. The molecule has 0 aliphatic carbocycles. The first-order valence-corrected chi connectivity index (χ1v) is 3.77. The van der Waals surface area contributed by atoms with Crippen LogP contribution in [-0.4, -0.2) is 26.2 Å². The Morgan fingerprint density at radius 3 is 2.92 bits per heavy atom. The largest absolute Gasteiger partial charge is 0.341 e. The number of carbonyl (C=O) groups excluding carboxylic acids is 1. The van der Waals surface area contributed by atoms with Gasteiger partial charge in [0.15, 0.2) is 0 Å². The maximum Gasteiger partial charge on any atom is 0.314 e. The molecule has 6 nitrogen and oxygen atoms in total. The van der Waals surface area contributed by atoms with Gasteiger partial charge in [0, 0.05) is 25.0 Å². The third kappa shape index (κ3) is 6.70. The van der Waals surface area contributed by atoms with Gasteiger partial charge in [-0.15, -0.1) is 0 Å².